The van der Waals surface area contributed by atoms with Gasteiger partial charge in [0.25, 0.3) is 0 Å². The average Bonchev–Trinajstić information content (AvgIpc) is 2.83. The molecule has 0 aromatic heterocycles. The van der Waals surface area contributed by atoms with Crippen molar-refractivity contribution in [2.24, 2.45) is 17.8 Å². The SMILES string of the molecule is C/C=C/CCc1ccc(-c2ccc3c(c2)CCC(C2CCC(CCCC)CC2)C3)cc1. The average molecular weight is 415 g/mol. The molecule has 0 radical (unpaired) electrons. The van der Waals surface area contributed by atoms with E-state index < -0.39 is 0 Å². The first-order valence-corrected chi connectivity index (χ1v) is 13.1. The topological polar surface area (TPSA) is 0 Å². The number of fused-ring (bicyclic) bond motifs is 1. The van der Waals surface area contributed by atoms with Gasteiger partial charge in [-0.05, 0) is 97.4 Å². The molecule has 0 heteroatoms. The summed E-state index contributed by atoms with van der Waals surface area (Å²) in [6.45, 7) is 4.43. The van der Waals surface area contributed by atoms with Gasteiger partial charge in [-0.3, -0.25) is 0 Å². The van der Waals surface area contributed by atoms with Crippen LogP contribution in [0.25, 0.3) is 11.1 Å². The second-order valence-corrected chi connectivity index (χ2v) is 10.2. The predicted octanol–water partition coefficient (Wildman–Crippen LogP) is 8.96. The molecule has 1 atom stereocenters. The van der Waals surface area contributed by atoms with Gasteiger partial charge < -0.3 is 0 Å². The Balaban J connectivity index is 1.35. The maximum atomic E-state index is 2.49. The quantitative estimate of drug-likeness (QED) is 0.378. The van der Waals surface area contributed by atoms with E-state index in [4.69, 9.17) is 0 Å². The highest BCUT2D eigenvalue weighted by Gasteiger charge is 2.30. The molecule has 2 aromatic rings. The molecule has 0 saturated heterocycles. The van der Waals surface area contributed by atoms with Gasteiger partial charge in [-0.2, -0.15) is 0 Å². The Morgan fingerprint density at radius 3 is 2.35 bits per heavy atom. The third kappa shape index (κ3) is 5.91. The summed E-state index contributed by atoms with van der Waals surface area (Å²) in [7, 11) is 0. The lowest BCUT2D eigenvalue weighted by Crippen LogP contribution is -2.26. The van der Waals surface area contributed by atoms with Crippen molar-refractivity contribution in [2.45, 2.75) is 90.9 Å². The van der Waals surface area contributed by atoms with Crippen LogP contribution in [0.5, 0.6) is 0 Å². The van der Waals surface area contributed by atoms with Crippen LogP contribution in [-0.4, -0.2) is 0 Å². The van der Waals surface area contributed by atoms with E-state index in [1.165, 1.54) is 80.9 Å². The first kappa shape index (κ1) is 22.4. The first-order valence-electron chi connectivity index (χ1n) is 13.1. The highest BCUT2D eigenvalue weighted by atomic mass is 14.3. The molecular formula is C31H42. The Hall–Kier alpha value is -1.82. The fourth-order valence-electron chi connectivity index (χ4n) is 6.09. The van der Waals surface area contributed by atoms with Crippen molar-refractivity contribution in [3.05, 3.63) is 71.3 Å². The number of hydrogen-bond donors (Lipinski definition) is 0. The number of hydrogen-bond acceptors (Lipinski definition) is 0. The van der Waals surface area contributed by atoms with Crippen molar-refractivity contribution in [1.82, 2.24) is 0 Å². The summed E-state index contributed by atoms with van der Waals surface area (Å²) < 4.78 is 0. The molecule has 4 rings (SSSR count). The van der Waals surface area contributed by atoms with Gasteiger partial charge in [0.2, 0.25) is 0 Å². The minimum atomic E-state index is 0.932. The Morgan fingerprint density at radius 2 is 1.61 bits per heavy atom. The zero-order valence-corrected chi connectivity index (χ0v) is 19.9. The Kier molecular flexibility index (Phi) is 8.06. The van der Waals surface area contributed by atoms with Crippen molar-refractivity contribution in [2.75, 3.05) is 0 Å². The largest absolute Gasteiger partial charge is 0.0917 e. The molecule has 1 fully saturated rings. The van der Waals surface area contributed by atoms with Crippen molar-refractivity contribution < 1.29 is 0 Å². The fraction of sp³-hybridized carbons (Fsp3) is 0.548. The number of unbranched alkanes of at least 4 members (excludes halogenated alkanes) is 1. The second kappa shape index (κ2) is 11.2. The van der Waals surface area contributed by atoms with E-state index in [0.717, 1.165) is 30.6 Å². The molecular weight excluding hydrogens is 372 g/mol. The number of aryl methyl sites for hydroxylation is 2. The third-order valence-corrected chi connectivity index (χ3v) is 8.12. The van der Waals surface area contributed by atoms with E-state index in [0.29, 0.717) is 0 Å². The van der Waals surface area contributed by atoms with Gasteiger partial charge in [0.1, 0.15) is 0 Å². The molecule has 0 nitrogen and oxygen atoms in total. The van der Waals surface area contributed by atoms with E-state index in [9.17, 15) is 0 Å². The van der Waals surface area contributed by atoms with Gasteiger partial charge in [-0.15, -0.1) is 0 Å². The van der Waals surface area contributed by atoms with Crippen molar-refractivity contribution in [1.29, 1.82) is 0 Å². The van der Waals surface area contributed by atoms with Crippen LogP contribution in [0.15, 0.2) is 54.6 Å². The fourth-order valence-corrected chi connectivity index (χ4v) is 6.09. The third-order valence-electron chi connectivity index (χ3n) is 8.12. The zero-order valence-electron chi connectivity index (χ0n) is 19.9. The first-order chi connectivity index (χ1) is 15.3. The molecule has 1 saturated carbocycles. The van der Waals surface area contributed by atoms with E-state index in [2.05, 4.69) is 68.5 Å². The zero-order chi connectivity index (χ0) is 21.5. The normalized spacial score (nSPS) is 23.7. The summed E-state index contributed by atoms with van der Waals surface area (Å²) in [6, 6.07) is 16.6. The van der Waals surface area contributed by atoms with Gasteiger partial charge >= 0.3 is 0 Å². The molecule has 0 N–H and O–H groups in total. The lowest BCUT2D eigenvalue weighted by atomic mass is 9.69. The molecule has 2 aliphatic carbocycles. The summed E-state index contributed by atoms with van der Waals surface area (Å²) >= 11 is 0. The summed E-state index contributed by atoms with van der Waals surface area (Å²) in [4.78, 5) is 0. The van der Waals surface area contributed by atoms with E-state index in [1.807, 2.05) is 0 Å². The monoisotopic (exact) mass is 414 g/mol. The van der Waals surface area contributed by atoms with Crippen LogP contribution in [0, 0.1) is 17.8 Å². The summed E-state index contributed by atoms with van der Waals surface area (Å²) in [5.74, 6) is 2.95. The Labute approximate surface area is 191 Å². The van der Waals surface area contributed by atoms with Crippen molar-refractivity contribution in [3.63, 3.8) is 0 Å². The van der Waals surface area contributed by atoms with E-state index in [1.54, 1.807) is 11.1 Å². The molecule has 166 valence electrons. The van der Waals surface area contributed by atoms with Gasteiger partial charge in [-0.25, -0.2) is 0 Å². The van der Waals surface area contributed by atoms with Crippen LogP contribution in [-0.2, 0) is 19.3 Å². The van der Waals surface area contributed by atoms with Crippen LogP contribution >= 0.6 is 0 Å². The van der Waals surface area contributed by atoms with Crippen LogP contribution in [0.4, 0.5) is 0 Å². The Bertz CT molecular complexity index is 833. The molecule has 2 aromatic carbocycles. The minimum absolute atomic E-state index is 0.932. The van der Waals surface area contributed by atoms with E-state index in [-0.39, 0.29) is 0 Å². The summed E-state index contributed by atoms with van der Waals surface area (Å²) in [5.41, 5.74) is 7.45. The minimum Gasteiger partial charge on any atom is -0.0917 e. The highest BCUT2D eigenvalue weighted by molar-refractivity contribution is 5.65. The lowest BCUT2D eigenvalue weighted by Gasteiger charge is -2.36. The molecule has 0 aliphatic heterocycles. The predicted molar refractivity (Wildman–Crippen MR) is 136 cm³/mol. The maximum absolute atomic E-state index is 2.49. The highest BCUT2D eigenvalue weighted by Crippen LogP contribution is 2.41. The number of rotatable bonds is 8. The molecule has 0 amide bonds. The van der Waals surface area contributed by atoms with Crippen molar-refractivity contribution in [3.8, 4) is 11.1 Å². The Morgan fingerprint density at radius 1 is 0.839 bits per heavy atom. The van der Waals surface area contributed by atoms with Crippen molar-refractivity contribution >= 4 is 0 Å². The molecule has 1 unspecified atom stereocenters. The van der Waals surface area contributed by atoms with Crippen LogP contribution in [0.3, 0.4) is 0 Å². The maximum Gasteiger partial charge on any atom is -0.0181 e. The molecule has 0 spiro atoms. The lowest BCUT2D eigenvalue weighted by molar-refractivity contribution is 0.183. The molecule has 31 heavy (non-hydrogen) atoms. The second-order valence-electron chi connectivity index (χ2n) is 10.2. The van der Waals surface area contributed by atoms with Crippen LogP contribution < -0.4 is 0 Å². The van der Waals surface area contributed by atoms with Gasteiger partial charge in [0.15, 0.2) is 0 Å². The molecule has 0 heterocycles. The standard InChI is InChI=1S/C31H42/c1-3-5-7-9-25-12-16-27(17-13-25)29-19-21-30-22-28(18-20-31(30)23-29)26-14-10-24(11-15-26)8-6-4-2/h3,5,12-13,16-17,19,21,23-24,26,28H,4,6-11,14-15,18,20,22H2,1-2H3/b5-3+. The smallest absolute Gasteiger partial charge is 0.0181 e. The summed E-state index contributed by atoms with van der Waals surface area (Å²) in [6.07, 6.45) is 20.9. The van der Waals surface area contributed by atoms with Crippen LogP contribution in [0.2, 0.25) is 0 Å². The van der Waals surface area contributed by atoms with Gasteiger partial charge in [-0.1, -0.05) is 93.6 Å². The number of allylic oxidation sites excluding steroid dienone is 2. The molecule has 2 aliphatic rings. The van der Waals surface area contributed by atoms with Crippen LogP contribution in [0.1, 0.15) is 88.3 Å². The number of benzene rings is 2. The van der Waals surface area contributed by atoms with Gasteiger partial charge in [0.05, 0.1) is 0 Å². The van der Waals surface area contributed by atoms with E-state index >= 15 is 0 Å². The molecule has 0 bridgehead atoms. The van der Waals surface area contributed by atoms with Gasteiger partial charge in [0, 0.05) is 0 Å². The summed E-state index contributed by atoms with van der Waals surface area (Å²) in [5, 5.41) is 0.